The lowest BCUT2D eigenvalue weighted by molar-refractivity contribution is 0.00709. The Labute approximate surface area is 99.3 Å². The van der Waals surface area contributed by atoms with Gasteiger partial charge in [0.2, 0.25) is 0 Å². The number of rotatable bonds is 3. The average molecular weight is 245 g/mol. The summed E-state index contributed by atoms with van der Waals surface area (Å²) in [4.78, 5) is 0. The summed E-state index contributed by atoms with van der Waals surface area (Å²) in [5.41, 5.74) is 0.687. The summed E-state index contributed by atoms with van der Waals surface area (Å²) in [5, 5.41) is 0. The van der Waals surface area contributed by atoms with Crippen LogP contribution in [0.3, 0.4) is 0 Å². The summed E-state index contributed by atoms with van der Waals surface area (Å²) in [5.74, 6) is 0.621. The van der Waals surface area contributed by atoms with Crippen molar-refractivity contribution < 1.29 is 13.9 Å². The molecule has 1 fully saturated rings. The molecule has 88 valence electrons. The minimum absolute atomic E-state index is 0.0566. The first kappa shape index (κ1) is 11.7. The predicted molar refractivity (Wildman–Crippen MR) is 60.4 cm³/mol. The Morgan fingerprint density at radius 3 is 3.06 bits per heavy atom. The Balaban J connectivity index is 2.07. The molecule has 1 atom stereocenters. The molecule has 16 heavy (non-hydrogen) atoms. The highest BCUT2D eigenvalue weighted by Crippen LogP contribution is 2.24. The maximum atomic E-state index is 13.0. The van der Waals surface area contributed by atoms with Gasteiger partial charge in [-0.3, -0.25) is 0 Å². The summed E-state index contributed by atoms with van der Waals surface area (Å²) >= 11 is 5.74. The van der Waals surface area contributed by atoms with Gasteiger partial charge in [0, 0.05) is 12.2 Å². The second-order valence-corrected chi connectivity index (χ2v) is 4.11. The average Bonchev–Trinajstić information content (AvgIpc) is 2.33. The molecule has 0 bridgehead atoms. The molecule has 1 aromatic carbocycles. The number of alkyl halides is 1. The van der Waals surface area contributed by atoms with Crippen molar-refractivity contribution in [2.45, 2.75) is 24.8 Å². The van der Waals surface area contributed by atoms with Crippen molar-refractivity contribution in [3.8, 4) is 5.75 Å². The molecule has 0 N–H and O–H groups in total. The van der Waals surface area contributed by atoms with Gasteiger partial charge in [0.15, 0.2) is 0 Å². The standard InChI is InChI=1S/C12H14ClFO2/c13-7-9-6-10(14)3-4-12(9)16-11-2-1-5-15-8-11/h3-4,6,11H,1-2,5,7-8H2. The van der Waals surface area contributed by atoms with Crippen LogP contribution in [0.25, 0.3) is 0 Å². The quantitative estimate of drug-likeness (QED) is 0.761. The highest BCUT2D eigenvalue weighted by atomic mass is 35.5. The van der Waals surface area contributed by atoms with E-state index in [1.54, 1.807) is 6.07 Å². The van der Waals surface area contributed by atoms with E-state index in [2.05, 4.69) is 0 Å². The van der Waals surface area contributed by atoms with Crippen LogP contribution in [-0.2, 0) is 10.6 Å². The summed E-state index contributed by atoms with van der Waals surface area (Å²) < 4.78 is 24.0. The fourth-order valence-electron chi connectivity index (χ4n) is 1.75. The van der Waals surface area contributed by atoms with E-state index in [0.717, 1.165) is 19.4 Å². The molecule has 0 aromatic heterocycles. The van der Waals surface area contributed by atoms with E-state index < -0.39 is 0 Å². The molecule has 4 heteroatoms. The van der Waals surface area contributed by atoms with E-state index in [9.17, 15) is 4.39 Å². The predicted octanol–water partition coefficient (Wildman–Crippen LogP) is 3.12. The van der Waals surface area contributed by atoms with Crippen molar-refractivity contribution in [1.82, 2.24) is 0 Å². The summed E-state index contributed by atoms with van der Waals surface area (Å²) in [6.45, 7) is 1.39. The van der Waals surface area contributed by atoms with Gasteiger partial charge in [-0.15, -0.1) is 11.6 Å². The van der Waals surface area contributed by atoms with E-state index in [-0.39, 0.29) is 17.8 Å². The molecular formula is C12H14ClFO2. The van der Waals surface area contributed by atoms with Crippen LogP contribution in [0.15, 0.2) is 18.2 Å². The van der Waals surface area contributed by atoms with Gasteiger partial charge in [-0.05, 0) is 31.0 Å². The van der Waals surface area contributed by atoms with Gasteiger partial charge in [-0.25, -0.2) is 4.39 Å². The second kappa shape index (κ2) is 5.51. The van der Waals surface area contributed by atoms with Gasteiger partial charge >= 0.3 is 0 Å². The largest absolute Gasteiger partial charge is 0.488 e. The van der Waals surface area contributed by atoms with Crippen LogP contribution in [0, 0.1) is 5.82 Å². The molecule has 0 saturated carbocycles. The molecule has 1 aliphatic heterocycles. The zero-order valence-electron chi connectivity index (χ0n) is 8.92. The molecule has 0 spiro atoms. The fraction of sp³-hybridized carbons (Fsp3) is 0.500. The number of benzene rings is 1. The van der Waals surface area contributed by atoms with Gasteiger partial charge in [0.25, 0.3) is 0 Å². The van der Waals surface area contributed by atoms with Gasteiger partial charge in [-0.1, -0.05) is 0 Å². The van der Waals surface area contributed by atoms with Crippen molar-refractivity contribution in [3.63, 3.8) is 0 Å². The van der Waals surface area contributed by atoms with Crippen LogP contribution in [-0.4, -0.2) is 19.3 Å². The third-order valence-electron chi connectivity index (χ3n) is 2.58. The minimum atomic E-state index is -0.289. The topological polar surface area (TPSA) is 18.5 Å². The van der Waals surface area contributed by atoms with E-state index in [0.29, 0.717) is 17.9 Å². The number of halogens is 2. The van der Waals surface area contributed by atoms with Crippen molar-refractivity contribution in [1.29, 1.82) is 0 Å². The molecule has 0 radical (unpaired) electrons. The molecule has 2 rings (SSSR count). The monoisotopic (exact) mass is 244 g/mol. The first-order valence-electron chi connectivity index (χ1n) is 5.38. The van der Waals surface area contributed by atoms with Gasteiger partial charge in [0.05, 0.1) is 12.5 Å². The normalized spacial score (nSPS) is 20.8. The van der Waals surface area contributed by atoms with E-state index in [1.807, 2.05) is 0 Å². The van der Waals surface area contributed by atoms with Crippen LogP contribution < -0.4 is 4.74 Å². The van der Waals surface area contributed by atoms with Crippen LogP contribution >= 0.6 is 11.6 Å². The van der Waals surface area contributed by atoms with E-state index >= 15 is 0 Å². The molecule has 1 saturated heterocycles. The van der Waals surface area contributed by atoms with Crippen molar-refractivity contribution in [2.24, 2.45) is 0 Å². The molecule has 1 heterocycles. The van der Waals surface area contributed by atoms with Crippen molar-refractivity contribution >= 4 is 11.6 Å². The maximum absolute atomic E-state index is 13.0. The number of hydrogen-bond acceptors (Lipinski definition) is 2. The summed E-state index contributed by atoms with van der Waals surface area (Å²) in [6, 6.07) is 4.42. The lowest BCUT2D eigenvalue weighted by Crippen LogP contribution is -2.28. The minimum Gasteiger partial charge on any atom is -0.488 e. The maximum Gasteiger partial charge on any atom is 0.124 e. The van der Waals surface area contributed by atoms with E-state index in [1.165, 1.54) is 12.1 Å². The van der Waals surface area contributed by atoms with Gasteiger partial charge in [0.1, 0.15) is 17.7 Å². The Morgan fingerprint density at radius 1 is 1.50 bits per heavy atom. The highest BCUT2D eigenvalue weighted by molar-refractivity contribution is 6.17. The molecule has 0 aliphatic carbocycles. The number of ether oxygens (including phenoxy) is 2. The van der Waals surface area contributed by atoms with Crippen LogP contribution in [0.4, 0.5) is 4.39 Å². The van der Waals surface area contributed by atoms with Gasteiger partial charge in [-0.2, -0.15) is 0 Å². The smallest absolute Gasteiger partial charge is 0.124 e. The first-order valence-corrected chi connectivity index (χ1v) is 5.92. The Hall–Kier alpha value is -0.800. The SMILES string of the molecule is Fc1ccc(OC2CCCOC2)c(CCl)c1. The van der Waals surface area contributed by atoms with Crippen LogP contribution in [0.5, 0.6) is 5.75 Å². The molecule has 0 amide bonds. The van der Waals surface area contributed by atoms with Crippen LogP contribution in [0.1, 0.15) is 18.4 Å². The van der Waals surface area contributed by atoms with Crippen molar-refractivity contribution in [3.05, 3.63) is 29.6 Å². The third-order valence-corrected chi connectivity index (χ3v) is 2.87. The lowest BCUT2D eigenvalue weighted by Gasteiger charge is -2.24. The van der Waals surface area contributed by atoms with E-state index in [4.69, 9.17) is 21.1 Å². The van der Waals surface area contributed by atoms with Crippen molar-refractivity contribution in [2.75, 3.05) is 13.2 Å². The Morgan fingerprint density at radius 2 is 2.38 bits per heavy atom. The molecule has 1 aliphatic rings. The number of hydrogen-bond donors (Lipinski definition) is 0. The molecule has 1 aromatic rings. The first-order chi connectivity index (χ1) is 7.79. The zero-order valence-corrected chi connectivity index (χ0v) is 9.67. The third kappa shape index (κ3) is 2.86. The molecule has 2 nitrogen and oxygen atoms in total. The summed E-state index contributed by atoms with van der Waals surface area (Å²) in [6.07, 6.45) is 2.03. The fourth-order valence-corrected chi connectivity index (χ4v) is 1.96. The lowest BCUT2D eigenvalue weighted by atomic mass is 10.1. The summed E-state index contributed by atoms with van der Waals surface area (Å²) in [7, 11) is 0. The van der Waals surface area contributed by atoms with Crippen LogP contribution in [0.2, 0.25) is 0 Å². The molecular weight excluding hydrogens is 231 g/mol. The Kier molecular flexibility index (Phi) is 4.02. The Bertz CT molecular complexity index is 351. The zero-order chi connectivity index (χ0) is 11.4. The highest BCUT2D eigenvalue weighted by Gasteiger charge is 2.16. The second-order valence-electron chi connectivity index (χ2n) is 3.84. The van der Waals surface area contributed by atoms with Gasteiger partial charge < -0.3 is 9.47 Å². The molecule has 1 unspecified atom stereocenters.